The molecule has 2 nitrogen and oxygen atoms in total. The fraction of sp³-hybridized carbons (Fsp3) is 0.167. The van der Waals surface area contributed by atoms with Crippen LogP contribution in [-0.2, 0) is 0 Å². The normalized spacial score (nSPS) is 9.15. The summed E-state index contributed by atoms with van der Waals surface area (Å²) in [4.78, 5) is 1.98. The summed E-state index contributed by atoms with van der Waals surface area (Å²) in [6.07, 6.45) is 2.12. The molecule has 0 aliphatic carbocycles. The predicted octanol–water partition coefficient (Wildman–Crippen LogP) is 4.48. The molecule has 0 unspecified atom stereocenters. The van der Waals surface area contributed by atoms with Crippen LogP contribution in [0.3, 0.4) is 0 Å². The maximum Gasteiger partial charge on any atom is 0.0622 e. The molecule has 2 heteroatoms. The van der Waals surface area contributed by atoms with Gasteiger partial charge in [0.2, 0.25) is 0 Å². The zero-order valence-corrected chi connectivity index (χ0v) is 11.3. The molecule has 0 saturated carbocycles. The van der Waals surface area contributed by atoms with Gasteiger partial charge in [-0.2, -0.15) is 5.26 Å². The van der Waals surface area contributed by atoms with E-state index in [0.717, 1.165) is 24.2 Å². The third-order valence-electron chi connectivity index (χ3n) is 2.81. The number of nitriles is 1. The molecule has 0 aliphatic rings. The summed E-state index contributed by atoms with van der Waals surface area (Å²) in [5.41, 5.74) is 2.10. The average Bonchev–Trinajstić information content (AvgIpc) is 2.53. The van der Waals surface area contributed by atoms with E-state index in [-0.39, 0.29) is 0 Å². The van der Waals surface area contributed by atoms with Gasteiger partial charge >= 0.3 is 0 Å². The third kappa shape index (κ3) is 3.90. The van der Waals surface area contributed by atoms with Gasteiger partial charge < -0.3 is 0 Å². The predicted molar refractivity (Wildman–Crippen MR) is 82.3 cm³/mol. The van der Waals surface area contributed by atoms with E-state index in [1.807, 2.05) is 65.6 Å². The van der Waals surface area contributed by atoms with Gasteiger partial charge in [-0.1, -0.05) is 42.3 Å². The van der Waals surface area contributed by atoms with Crippen molar-refractivity contribution in [1.82, 2.24) is 0 Å². The van der Waals surface area contributed by atoms with Gasteiger partial charge in [-0.3, -0.25) is 4.90 Å². The highest BCUT2D eigenvalue weighted by Gasteiger charge is 2.04. The Morgan fingerprint density at radius 2 is 1.35 bits per heavy atom. The van der Waals surface area contributed by atoms with Gasteiger partial charge in [-0.05, 0) is 30.7 Å². The molecule has 0 fully saturated rings. The van der Waals surface area contributed by atoms with Crippen molar-refractivity contribution >= 4 is 11.4 Å². The lowest BCUT2D eigenvalue weighted by molar-refractivity contribution is 0.893. The molecule has 20 heavy (non-hydrogen) atoms. The molecule has 98 valence electrons. The zero-order chi connectivity index (χ0) is 14.0. The fourth-order valence-electron chi connectivity index (χ4n) is 1.82. The van der Waals surface area contributed by atoms with Crippen molar-refractivity contribution in [3.8, 4) is 18.0 Å². The number of unbranched alkanes of at least 4 members (excludes halogenated alkanes) is 2. The Bertz CT molecular complexity index is 576. The van der Waals surface area contributed by atoms with E-state index in [1.54, 1.807) is 0 Å². The average molecular weight is 260 g/mol. The first kappa shape index (κ1) is 13.7. The van der Waals surface area contributed by atoms with Gasteiger partial charge in [-0.15, -0.1) is 0 Å². The van der Waals surface area contributed by atoms with Crippen LogP contribution < -0.4 is 4.90 Å². The van der Waals surface area contributed by atoms with Crippen LogP contribution in [0.2, 0.25) is 0 Å². The molecule has 0 saturated heterocycles. The third-order valence-corrected chi connectivity index (χ3v) is 2.81. The molecule has 0 aromatic heterocycles. The lowest BCUT2D eigenvalue weighted by atomic mass is 10.2. The van der Waals surface area contributed by atoms with E-state index < -0.39 is 0 Å². The molecule has 0 radical (unpaired) electrons. The second kappa shape index (κ2) is 7.67. The van der Waals surface area contributed by atoms with E-state index in [9.17, 15) is 0 Å². The number of benzene rings is 2. The highest BCUT2D eigenvalue weighted by molar-refractivity contribution is 5.67. The van der Waals surface area contributed by atoms with Crippen LogP contribution in [0, 0.1) is 23.3 Å². The quantitative estimate of drug-likeness (QED) is 0.460. The number of anilines is 2. The first-order valence-corrected chi connectivity index (χ1v) is 6.67. The maximum atomic E-state index is 8.52. The Morgan fingerprint density at radius 1 is 0.800 bits per heavy atom. The van der Waals surface area contributed by atoms with Crippen molar-refractivity contribution in [3.63, 3.8) is 0 Å². The van der Waals surface area contributed by atoms with Crippen molar-refractivity contribution in [2.24, 2.45) is 0 Å². The molecule has 0 bridgehead atoms. The summed E-state index contributed by atoms with van der Waals surface area (Å²) >= 11 is 0. The summed E-state index contributed by atoms with van der Waals surface area (Å²) in [7, 11) is 0. The lowest BCUT2D eigenvalue weighted by Crippen LogP contribution is -2.08. The molecular formula is C18H16N2. The summed E-state index contributed by atoms with van der Waals surface area (Å²) in [6, 6.07) is 25.5. The van der Waals surface area contributed by atoms with Gasteiger partial charge in [0.1, 0.15) is 0 Å². The van der Waals surface area contributed by atoms with E-state index >= 15 is 0 Å². The second-order valence-corrected chi connectivity index (χ2v) is 4.31. The van der Waals surface area contributed by atoms with Crippen molar-refractivity contribution in [3.05, 3.63) is 60.7 Å². The molecular weight excluding hydrogens is 244 g/mol. The topological polar surface area (TPSA) is 27.0 Å². The Balaban J connectivity index is 2.20. The van der Waals surface area contributed by atoms with Crippen LogP contribution in [0.25, 0.3) is 0 Å². The molecule has 0 spiro atoms. The highest BCUT2D eigenvalue weighted by Crippen LogP contribution is 2.23. The van der Waals surface area contributed by atoms with Gasteiger partial charge in [0.25, 0.3) is 0 Å². The minimum absolute atomic E-state index is 0.561. The molecule has 0 heterocycles. The van der Waals surface area contributed by atoms with Crippen LogP contribution in [0.1, 0.15) is 19.3 Å². The summed E-state index contributed by atoms with van der Waals surface area (Å²) < 4.78 is 0. The van der Waals surface area contributed by atoms with Crippen molar-refractivity contribution < 1.29 is 0 Å². The Hall–Kier alpha value is -2.71. The molecule has 0 amide bonds. The fourth-order valence-corrected chi connectivity index (χ4v) is 1.82. The van der Waals surface area contributed by atoms with Gasteiger partial charge in [0.15, 0.2) is 0 Å². The summed E-state index contributed by atoms with van der Waals surface area (Å²) in [5, 5.41) is 8.52. The summed E-state index contributed by atoms with van der Waals surface area (Å²) in [6.45, 7) is 0. The largest absolute Gasteiger partial charge is 0.270 e. The number of para-hydroxylation sites is 2. The van der Waals surface area contributed by atoms with E-state index in [0.29, 0.717) is 6.42 Å². The highest BCUT2D eigenvalue weighted by atomic mass is 15.1. The zero-order valence-electron chi connectivity index (χ0n) is 11.3. The summed E-state index contributed by atoms with van der Waals surface area (Å²) in [5.74, 6) is 3.14. The standard InChI is InChI=1S/C18H16N2/c19-15-9-1-2-10-16-20(17-11-5-3-6-12-17)18-13-7-4-8-14-18/h3-8,11-14H,1-2,9H2. The minimum Gasteiger partial charge on any atom is -0.270 e. The second-order valence-electron chi connectivity index (χ2n) is 4.31. The van der Waals surface area contributed by atoms with Gasteiger partial charge in [0, 0.05) is 18.9 Å². The number of hydrogen-bond acceptors (Lipinski definition) is 2. The first-order chi connectivity index (χ1) is 9.92. The number of rotatable bonds is 4. The Labute approximate surface area is 120 Å². The van der Waals surface area contributed by atoms with Crippen molar-refractivity contribution in [1.29, 1.82) is 5.26 Å². The maximum absolute atomic E-state index is 8.52. The smallest absolute Gasteiger partial charge is 0.0622 e. The SMILES string of the molecule is N#CCCCC#CN(c1ccccc1)c1ccccc1. The van der Waals surface area contributed by atoms with Gasteiger partial charge in [0.05, 0.1) is 17.4 Å². The molecule has 0 aliphatic heterocycles. The van der Waals surface area contributed by atoms with Crippen molar-refractivity contribution in [2.45, 2.75) is 19.3 Å². The number of hydrogen-bond donors (Lipinski definition) is 0. The van der Waals surface area contributed by atoms with Crippen LogP contribution in [0.15, 0.2) is 60.7 Å². The van der Waals surface area contributed by atoms with Crippen LogP contribution in [0.4, 0.5) is 11.4 Å². The van der Waals surface area contributed by atoms with Crippen LogP contribution in [0.5, 0.6) is 0 Å². The number of nitrogens with zero attached hydrogens (tertiary/aromatic N) is 2. The Kier molecular flexibility index (Phi) is 5.26. The molecule has 2 aromatic rings. The monoisotopic (exact) mass is 260 g/mol. The molecule has 2 rings (SSSR count). The first-order valence-electron chi connectivity index (χ1n) is 6.67. The van der Waals surface area contributed by atoms with Crippen LogP contribution >= 0.6 is 0 Å². The minimum atomic E-state index is 0.561. The van der Waals surface area contributed by atoms with E-state index in [4.69, 9.17) is 5.26 Å². The van der Waals surface area contributed by atoms with E-state index in [2.05, 4.69) is 18.0 Å². The molecule has 0 atom stereocenters. The molecule has 0 N–H and O–H groups in total. The lowest BCUT2D eigenvalue weighted by Gasteiger charge is -2.17. The van der Waals surface area contributed by atoms with Gasteiger partial charge in [-0.25, -0.2) is 0 Å². The molecule has 2 aromatic carbocycles. The van der Waals surface area contributed by atoms with E-state index in [1.165, 1.54) is 0 Å². The van der Waals surface area contributed by atoms with Crippen molar-refractivity contribution in [2.75, 3.05) is 4.90 Å². The Morgan fingerprint density at radius 3 is 1.85 bits per heavy atom. The van der Waals surface area contributed by atoms with Crippen LogP contribution in [-0.4, -0.2) is 0 Å².